The van der Waals surface area contributed by atoms with Crippen molar-refractivity contribution in [3.05, 3.63) is 24.5 Å². The summed E-state index contributed by atoms with van der Waals surface area (Å²) in [4.78, 5) is 37.9. The lowest BCUT2D eigenvalue weighted by Crippen LogP contribution is -2.51. The molecule has 0 radical (unpaired) electrons. The number of guanidine groups is 1. The summed E-state index contributed by atoms with van der Waals surface area (Å²) in [7, 11) is 3.71. The van der Waals surface area contributed by atoms with E-state index in [1.807, 2.05) is 31.1 Å². The number of nitrogens with one attached hydrogen (secondary N) is 1. The summed E-state index contributed by atoms with van der Waals surface area (Å²) in [5, 5.41) is 2.83. The number of carbonyl (C=O) groups is 2. The third-order valence-corrected chi connectivity index (χ3v) is 5.34. The zero-order valence-corrected chi connectivity index (χ0v) is 14.7. The Morgan fingerprint density at radius 2 is 2.00 bits per heavy atom. The topological polar surface area (TPSA) is 77.9 Å². The Labute approximate surface area is 145 Å². The number of pyridine rings is 1. The van der Waals surface area contributed by atoms with Crippen molar-refractivity contribution in [2.45, 2.75) is 23.3 Å². The van der Waals surface area contributed by atoms with Crippen LogP contribution in [-0.2, 0) is 9.59 Å². The average molecular weight is 347 g/mol. The zero-order chi connectivity index (χ0) is 17.2. The Morgan fingerprint density at radius 3 is 2.58 bits per heavy atom. The molecule has 2 aliphatic rings. The largest absolute Gasteiger partial charge is 0.349 e. The summed E-state index contributed by atoms with van der Waals surface area (Å²) >= 11 is 1.51. The number of hydrogen-bond acceptors (Lipinski definition) is 6. The Morgan fingerprint density at radius 1 is 1.33 bits per heavy atom. The molecule has 128 valence electrons. The molecule has 0 bridgehead atoms. The van der Waals surface area contributed by atoms with E-state index in [1.165, 1.54) is 11.8 Å². The zero-order valence-electron chi connectivity index (χ0n) is 13.9. The summed E-state index contributed by atoms with van der Waals surface area (Å²) in [5.74, 6) is 1.05. The van der Waals surface area contributed by atoms with Crippen LogP contribution in [-0.4, -0.2) is 71.0 Å². The van der Waals surface area contributed by atoms with Crippen LogP contribution >= 0.6 is 11.8 Å². The molecule has 3 rings (SSSR count). The predicted molar refractivity (Wildman–Crippen MR) is 92.8 cm³/mol. The summed E-state index contributed by atoms with van der Waals surface area (Å²) in [5.41, 5.74) is -0.700. The summed E-state index contributed by atoms with van der Waals surface area (Å²) < 4.78 is 0. The monoisotopic (exact) mass is 347 g/mol. The normalized spacial score (nSPS) is 19.2. The van der Waals surface area contributed by atoms with Gasteiger partial charge in [-0.3, -0.25) is 19.9 Å². The maximum absolute atomic E-state index is 12.4. The van der Waals surface area contributed by atoms with E-state index < -0.39 is 5.54 Å². The molecule has 24 heavy (non-hydrogen) atoms. The fraction of sp³-hybridized carbons (Fsp3) is 0.500. The minimum Gasteiger partial charge on any atom is -0.349 e. The van der Waals surface area contributed by atoms with Crippen LogP contribution in [0.1, 0.15) is 12.8 Å². The van der Waals surface area contributed by atoms with E-state index in [4.69, 9.17) is 0 Å². The number of hydrogen-bond donors (Lipinski definition) is 1. The van der Waals surface area contributed by atoms with Crippen LogP contribution in [0.5, 0.6) is 0 Å². The highest BCUT2D eigenvalue weighted by molar-refractivity contribution is 8.00. The molecule has 1 fully saturated rings. The molecule has 1 spiro atoms. The lowest BCUT2D eigenvalue weighted by atomic mass is 9.88. The van der Waals surface area contributed by atoms with Crippen molar-refractivity contribution in [1.82, 2.24) is 20.1 Å². The van der Waals surface area contributed by atoms with Gasteiger partial charge < -0.3 is 9.80 Å². The number of aromatic nitrogens is 1. The Balaban J connectivity index is 1.55. The number of aliphatic imine (C=N–C) groups is 1. The standard InChI is InChI=1S/C16H21N5O2S/c1-20(2)15-18-14(23)16(19-15)5-9-21(10-6-16)13(22)11-24-12-3-7-17-8-4-12/h3-4,7-8H,5-6,9-11H2,1-2H3,(H,18,19,23). The van der Waals surface area contributed by atoms with E-state index in [2.05, 4.69) is 15.3 Å². The average Bonchev–Trinajstić information content (AvgIpc) is 2.91. The van der Waals surface area contributed by atoms with Gasteiger partial charge in [-0.1, -0.05) is 0 Å². The highest BCUT2D eigenvalue weighted by atomic mass is 32.2. The summed E-state index contributed by atoms with van der Waals surface area (Å²) in [6.07, 6.45) is 4.58. The van der Waals surface area contributed by atoms with Gasteiger partial charge in [0.15, 0.2) is 0 Å². The first-order chi connectivity index (χ1) is 11.5. The number of carbonyl (C=O) groups excluding carboxylic acids is 2. The fourth-order valence-electron chi connectivity index (χ4n) is 2.85. The highest BCUT2D eigenvalue weighted by Crippen LogP contribution is 2.30. The van der Waals surface area contributed by atoms with Gasteiger partial charge >= 0.3 is 0 Å². The second kappa shape index (κ2) is 6.80. The van der Waals surface area contributed by atoms with Crippen molar-refractivity contribution in [3.63, 3.8) is 0 Å². The molecule has 2 amide bonds. The number of amides is 2. The van der Waals surface area contributed by atoms with Crippen molar-refractivity contribution in [2.24, 2.45) is 4.99 Å². The number of piperidine rings is 1. The van der Waals surface area contributed by atoms with Crippen molar-refractivity contribution in [1.29, 1.82) is 0 Å². The minimum absolute atomic E-state index is 0.0514. The van der Waals surface area contributed by atoms with Crippen LogP contribution in [0.4, 0.5) is 0 Å². The van der Waals surface area contributed by atoms with Gasteiger partial charge in [-0.15, -0.1) is 11.8 Å². The highest BCUT2D eigenvalue weighted by Gasteiger charge is 2.46. The lowest BCUT2D eigenvalue weighted by Gasteiger charge is -2.35. The van der Waals surface area contributed by atoms with E-state index in [9.17, 15) is 9.59 Å². The smallest absolute Gasteiger partial charge is 0.254 e. The van der Waals surface area contributed by atoms with Gasteiger partial charge in [-0.05, 0) is 25.0 Å². The molecular formula is C16H21N5O2S. The number of nitrogens with zero attached hydrogens (tertiary/aromatic N) is 4. The molecule has 7 nitrogen and oxygen atoms in total. The molecule has 1 saturated heterocycles. The van der Waals surface area contributed by atoms with Crippen LogP contribution in [0, 0.1) is 0 Å². The Hall–Kier alpha value is -2.09. The van der Waals surface area contributed by atoms with Crippen LogP contribution in [0.25, 0.3) is 0 Å². The van der Waals surface area contributed by atoms with Crippen LogP contribution < -0.4 is 5.32 Å². The molecule has 0 aliphatic carbocycles. The van der Waals surface area contributed by atoms with Gasteiger partial charge in [0.2, 0.25) is 11.9 Å². The van der Waals surface area contributed by atoms with Crippen molar-refractivity contribution >= 4 is 29.5 Å². The molecule has 2 aliphatic heterocycles. The molecule has 0 saturated carbocycles. The molecule has 0 aromatic carbocycles. The van der Waals surface area contributed by atoms with Crippen molar-refractivity contribution < 1.29 is 9.59 Å². The second-order valence-electron chi connectivity index (χ2n) is 6.17. The lowest BCUT2D eigenvalue weighted by molar-refractivity contribution is -0.133. The van der Waals surface area contributed by atoms with Gasteiger partial charge in [0.05, 0.1) is 5.75 Å². The van der Waals surface area contributed by atoms with E-state index in [1.54, 1.807) is 17.3 Å². The maximum Gasteiger partial charge on any atom is 0.254 e. The van der Waals surface area contributed by atoms with Gasteiger partial charge in [0.25, 0.3) is 5.91 Å². The van der Waals surface area contributed by atoms with Crippen LogP contribution in [0.15, 0.2) is 34.4 Å². The summed E-state index contributed by atoms with van der Waals surface area (Å²) in [6, 6.07) is 3.78. The minimum atomic E-state index is -0.700. The van der Waals surface area contributed by atoms with Gasteiger partial charge in [-0.25, -0.2) is 4.99 Å². The third kappa shape index (κ3) is 3.38. The molecule has 8 heteroatoms. The van der Waals surface area contributed by atoms with Gasteiger partial charge in [0, 0.05) is 44.5 Å². The number of rotatable bonds is 3. The SMILES string of the molecule is CN(C)C1=NC2(CCN(C(=O)CSc3ccncc3)CC2)C(=O)N1. The molecule has 3 heterocycles. The first-order valence-electron chi connectivity index (χ1n) is 7.89. The van der Waals surface area contributed by atoms with Crippen LogP contribution in [0.3, 0.4) is 0 Å². The van der Waals surface area contributed by atoms with Crippen molar-refractivity contribution in [3.8, 4) is 0 Å². The van der Waals surface area contributed by atoms with E-state index in [0.717, 1.165) is 4.90 Å². The van der Waals surface area contributed by atoms with Gasteiger partial charge in [-0.2, -0.15) is 0 Å². The van der Waals surface area contributed by atoms with E-state index in [0.29, 0.717) is 37.6 Å². The van der Waals surface area contributed by atoms with Gasteiger partial charge in [0.1, 0.15) is 5.54 Å². The molecule has 1 aromatic heterocycles. The molecule has 0 unspecified atom stereocenters. The van der Waals surface area contributed by atoms with E-state index >= 15 is 0 Å². The fourth-order valence-corrected chi connectivity index (χ4v) is 3.63. The van der Waals surface area contributed by atoms with E-state index in [-0.39, 0.29) is 11.8 Å². The second-order valence-corrected chi connectivity index (χ2v) is 7.22. The maximum atomic E-state index is 12.4. The molecular weight excluding hydrogens is 326 g/mol. The Kier molecular flexibility index (Phi) is 4.75. The Bertz CT molecular complexity index is 654. The van der Waals surface area contributed by atoms with Crippen molar-refractivity contribution in [2.75, 3.05) is 32.9 Å². The molecule has 1 N–H and O–H groups in total. The predicted octanol–water partition coefficient (Wildman–Crippen LogP) is 0.582. The molecule has 1 aromatic rings. The quantitative estimate of drug-likeness (QED) is 0.810. The number of likely N-dealkylation sites (tertiary alicyclic amines) is 1. The first-order valence-corrected chi connectivity index (χ1v) is 8.88. The number of thioether (sulfide) groups is 1. The third-order valence-electron chi connectivity index (χ3n) is 4.35. The molecule has 0 atom stereocenters. The summed E-state index contributed by atoms with van der Waals surface area (Å²) in [6.45, 7) is 1.13. The van der Waals surface area contributed by atoms with Crippen LogP contribution in [0.2, 0.25) is 0 Å². The first kappa shape index (κ1) is 16.8.